The molecule has 8 aromatic carbocycles. The van der Waals surface area contributed by atoms with Crippen molar-refractivity contribution in [3.05, 3.63) is 194 Å². The molecule has 6 nitrogen and oxygen atoms in total. The Morgan fingerprint density at radius 2 is 0.684 bits per heavy atom. The van der Waals surface area contributed by atoms with Crippen molar-refractivity contribution in [2.75, 3.05) is 0 Å². The molecule has 4 aromatic heterocycles. The van der Waals surface area contributed by atoms with Crippen molar-refractivity contribution in [3.8, 4) is 40.1 Å². The average Bonchev–Trinajstić information content (AvgIpc) is 3.93. The third-order valence-electron chi connectivity index (χ3n) is 11.3. The van der Waals surface area contributed by atoms with Gasteiger partial charge in [-0.25, -0.2) is 4.98 Å². The minimum Gasteiger partial charge on any atom is -0.307 e. The molecule has 0 aliphatic heterocycles. The zero-order valence-electron chi connectivity index (χ0n) is 30.7. The Kier molecular flexibility index (Phi) is 6.83. The molecule has 0 aliphatic carbocycles. The number of para-hydroxylation sites is 6. The molecule has 12 rings (SSSR count). The van der Waals surface area contributed by atoms with Crippen LogP contribution in [0.3, 0.4) is 0 Å². The van der Waals surface area contributed by atoms with E-state index in [1.165, 1.54) is 21.8 Å². The molecule has 6 heteroatoms. The monoisotopic (exact) mass is 728 g/mol. The van der Waals surface area contributed by atoms with Crippen LogP contribution in [0.15, 0.2) is 194 Å². The number of rotatable bonds is 5. The summed E-state index contributed by atoms with van der Waals surface area (Å²) in [4.78, 5) is 15.6. The lowest BCUT2D eigenvalue weighted by Crippen LogP contribution is -2.06. The van der Waals surface area contributed by atoms with E-state index in [9.17, 15) is 0 Å². The number of hydrogen-bond acceptors (Lipinski definition) is 3. The Balaban J connectivity index is 1.21. The first kappa shape index (κ1) is 31.5. The first-order chi connectivity index (χ1) is 28.3. The van der Waals surface area contributed by atoms with E-state index in [1.807, 2.05) is 36.4 Å². The molecular formula is C51H32N6. The van der Waals surface area contributed by atoms with Crippen molar-refractivity contribution < 1.29 is 0 Å². The molecule has 0 bridgehead atoms. The van der Waals surface area contributed by atoms with Gasteiger partial charge in [-0.05, 0) is 42.5 Å². The highest BCUT2D eigenvalue weighted by Crippen LogP contribution is 2.43. The van der Waals surface area contributed by atoms with Gasteiger partial charge in [0.25, 0.3) is 0 Å². The summed E-state index contributed by atoms with van der Waals surface area (Å²) in [6.45, 7) is 0. The standard InChI is InChI=1S/C51H32N6/c1-3-17-33(18-4-1)49-52-50(34-19-5-2-6-20-34)54-51(53-49)57-42-27-13-9-23-37(42)38-31-32-46-47(48(38)57)39-24-10-14-28-43(39)56(46)45-30-16-15-29-44(45)55-40-25-11-7-21-35(40)36-22-8-12-26-41(36)55/h1-32H. The summed E-state index contributed by atoms with van der Waals surface area (Å²) in [5.41, 5.74) is 10.7. The van der Waals surface area contributed by atoms with E-state index in [0.717, 1.165) is 66.1 Å². The molecule has 57 heavy (non-hydrogen) atoms. The van der Waals surface area contributed by atoms with E-state index in [0.29, 0.717) is 17.6 Å². The van der Waals surface area contributed by atoms with E-state index in [2.05, 4.69) is 171 Å². The SMILES string of the molecule is c1ccc(-c2nc(-c3ccccc3)nc(-n3c4ccccc4c4ccc5c(c6ccccc6n5-c5ccccc5-n5c6ccccc6c6ccccc65)c43)n2)cc1. The van der Waals surface area contributed by atoms with Crippen LogP contribution < -0.4 is 0 Å². The number of aromatic nitrogens is 6. The van der Waals surface area contributed by atoms with Crippen molar-refractivity contribution in [1.82, 2.24) is 28.7 Å². The zero-order valence-corrected chi connectivity index (χ0v) is 30.7. The topological polar surface area (TPSA) is 53.5 Å². The molecular weight excluding hydrogens is 697 g/mol. The Labute approximate surface area is 327 Å². The fourth-order valence-corrected chi connectivity index (χ4v) is 8.90. The summed E-state index contributed by atoms with van der Waals surface area (Å²) in [5.74, 6) is 1.82. The van der Waals surface area contributed by atoms with E-state index in [4.69, 9.17) is 15.0 Å². The summed E-state index contributed by atoms with van der Waals surface area (Å²) < 4.78 is 7.10. The summed E-state index contributed by atoms with van der Waals surface area (Å²) in [5, 5.41) is 7.04. The molecule has 12 aromatic rings. The minimum absolute atomic E-state index is 0.573. The molecule has 0 N–H and O–H groups in total. The molecule has 0 amide bonds. The van der Waals surface area contributed by atoms with Gasteiger partial charge in [0.15, 0.2) is 11.6 Å². The molecule has 0 saturated heterocycles. The molecule has 4 heterocycles. The Morgan fingerprint density at radius 1 is 0.281 bits per heavy atom. The van der Waals surface area contributed by atoms with Gasteiger partial charge in [-0.3, -0.25) is 4.57 Å². The van der Waals surface area contributed by atoms with Crippen molar-refractivity contribution >= 4 is 65.4 Å². The van der Waals surface area contributed by atoms with Crippen molar-refractivity contribution in [1.29, 1.82) is 0 Å². The van der Waals surface area contributed by atoms with Crippen LogP contribution in [-0.4, -0.2) is 28.7 Å². The second-order valence-corrected chi connectivity index (χ2v) is 14.4. The predicted octanol–water partition coefficient (Wildman–Crippen LogP) is 12.5. The van der Waals surface area contributed by atoms with E-state index >= 15 is 0 Å². The maximum absolute atomic E-state index is 5.26. The van der Waals surface area contributed by atoms with Crippen molar-refractivity contribution in [2.45, 2.75) is 0 Å². The maximum atomic E-state index is 5.26. The summed E-state index contributed by atoms with van der Waals surface area (Å²) >= 11 is 0. The quantitative estimate of drug-likeness (QED) is 0.177. The van der Waals surface area contributed by atoms with Gasteiger partial charge in [-0.15, -0.1) is 0 Å². The van der Waals surface area contributed by atoms with Crippen molar-refractivity contribution in [2.24, 2.45) is 0 Å². The zero-order chi connectivity index (χ0) is 37.5. The molecule has 0 atom stereocenters. The summed E-state index contributed by atoms with van der Waals surface area (Å²) in [6, 6.07) is 68.4. The van der Waals surface area contributed by atoms with Crippen LogP contribution in [0.2, 0.25) is 0 Å². The minimum atomic E-state index is 0.573. The van der Waals surface area contributed by atoms with Gasteiger partial charge in [0.1, 0.15) is 0 Å². The molecule has 0 saturated carbocycles. The number of hydrogen-bond donors (Lipinski definition) is 0. The fraction of sp³-hybridized carbons (Fsp3) is 0. The van der Waals surface area contributed by atoms with Crippen LogP contribution in [0.4, 0.5) is 0 Å². The lowest BCUT2D eigenvalue weighted by Gasteiger charge is -2.16. The fourth-order valence-electron chi connectivity index (χ4n) is 8.90. The van der Waals surface area contributed by atoms with Crippen molar-refractivity contribution in [3.63, 3.8) is 0 Å². The van der Waals surface area contributed by atoms with Gasteiger partial charge >= 0.3 is 0 Å². The van der Waals surface area contributed by atoms with Crippen LogP contribution >= 0.6 is 0 Å². The van der Waals surface area contributed by atoms with Gasteiger partial charge in [0, 0.05) is 43.4 Å². The first-order valence-electron chi connectivity index (χ1n) is 19.2. The first-order valence-corrected chi connectivity index (χ1v) is 19.2. The van der Waals surface area contributed by atoms with E-state index in [1.54, 1.807) is 0 Å². The predicted molar refractivity (Wildman–Crippen MR) is 234 cm³/mol. The van der Waals surface area contributed by atoms with Crippen LogP contribution in [0.5, 0.6) is 0 Å². The van der Waals surface area contributed by atoms with Gasteiger partial charge in [0.2, 0.25) is 5.95 Å². The normalized spacial score (nSPS) is 11.9. The molecule has 0 fully saturated rings. The lowest BCUT2D eigenvalue weighted by molar-refractivity contribution is 0.955. The molecule has 0 radical (unpaired) electrons. The largest absolute Gasteiger partial charge is 0.307 e. The number of benzene rings is 8. The molecule has 0 spiro atoms. The summed E-state index contributed by atoms with van der Waals surface area (Å²) in [7, 11) is 0. The van der Waals surface area contributed by atoms with Crippen LogP contribution in [0.1, 0.15) is 0 Å². The highest BCUT2D eigenvalue weighted by atomic mass is 15.2. The van der Waals surface area contributed by atoms with Crippen LogP contribution in [-0.2, 0) is 0 Å². The Hall–Kier alpha value is -7.83. The third-order valence-corrected chi connectivity index (χ3v) is 11.3. The lowest BCUT2D eigenvalue weighted by atomic mass is 10.1. The van der Waals surface area contributed by atoms with E-state index < -0.39 is 0 Å². The second-order valence-electron chi connectivity index (χ2n) is 14.4. The number of nitrogens with zero attached hydrogens (tertiary/aromatic N) is 6. The van der Waals surface area contributed by atoms with Gasteiger partial charge in [-0.2, -0.15) is 9.97 Å². The van der Waals surface area contributed by atoms with Gasteiger partial charge in [-0.1, -0.05) is 152 Å². The van der Waals surface area contributed by atoms with E-state index in [-0.39, 0.29) is 0 Å². The molecule has 266 valence electrons. The summed E-state index contributed by atoms with van der Waals surface area (Å²) in [6.07, 6.45) is 0. The third kappa shape index (κ3) is 4.68. The highest BCUT2D eigenvalue weighted by molar-refractivity contribution is 6.26. The maximum Gasteiger partial charge on any atom is 0.238 e. The van der Waals surface area contributed by atoms with Crippen LogP contribution in [0.25, 0.3) is 106 Å². The Bertz CT molecular complexity index is 3410. The molecule has 0 unspecified atom stereocenters. The van der Waals surface area contributed by atoms with Crippen LogP contribution in [0, 0.1) is 0 Å². The smallest absolute Gasteiger partial charge is 0.238 e. The molecule has 0 aliphatic rings. The van der Waals surface area contributed by atoms with Gasteiger partial charge in [0.05, 0.1) is 44.5 Å². The highest BCUT2D eigenvalue weighted by Gasteiger charge is 2.24. The average molecular weight is 729 g/mol. The second kappa shape index (κ2) is 12.3. The Morgan fingerprint density at radius 3 is 1.23 bits per heavy atom. The number of fused-ring (bicyclic) bond motifs is 10. The van der Waals surface area contributed by atoms with Gasteiger partial charge < -0.3 is 9.13 Å².